The number of hydrogen-bond acceptors (Lipinski definition) is 5. The summed E-state index contributed by atoms with van der Waals surface area (Å²) in [5.74, 6) is -1.86. The van der Waals surface area contributed by atoms with Crippen molar-refractivity contribution in [1.29, 1.82) is 0 Å². The van der Waals surface area contributed by atoms with E-state index in [-0.39, 0.29) is 23.7 Å². The molecule has 21 heavy (non-hydrogen) atoms. The lowest BCUT2D eigenvalue weighted by Gasteiger charge is -2.19. The molecule has 1 rings (SSSR count). The number of esters is 1. The molecule has 8 heteroatoms. The van der Waals surface area contributed by atoms with Crippen molar-refractivity contribution in [2.24, 2.45) is 5.14 Å². The van der Waals surface area contributed by atoms with Crippen LogP contribution in [0.15, 0.2) is 23.1 Å². The van der Waals surface area contributed by atoms with Gasteiger partial charge in [-0.25, -0.2) is 22.7 Å². The number of ether oxygens (including phenoxy) is 2. The van der Waals surface area contributed by atoms with E-state index in [2.05, 4.69) is 0 Å². The van der Waals surface area contributed by atoms with Crippen LogP contribution < -0.4 is 5.14 Å². The summed E-state index contributed by atoms with van der Waals surface area (Å²) in [5.41, 5.74) is -0.872. The Morgan fingerprint density at radius 1 is 1.29 bits per heavy atom. The Labute approximate surface area is 123 Å². The zero-order valence-corrected chi connectivity index (χ0v) is 12.9. The minimum atomic E-state index is -4.02. The number of halogens is 1. The highest BCUT2D eigenvalue weighted by Crippen LogP contribution is 2.15. The maximum atomic E-state index is 13.5. The summed E-state index contributed by atoms with van der Waals surface area (Å²) >= 11 is 0. The fraction of sp³-hybridized carbons (Fsp3) is 0.462. The lowest BCUT2D eigenvalue weighted by Crippen LogP contribution is -2.23. The number of benzene rings is 1. The van der Waals surface area contributed by atoms with Gasteiger partial charge in [0.15, 0.2) is 0 Å². The summed E-state index contributed by atoms with van der Waals surface area (Å²) in [4.78, 5) is 11.4. The average molecular weight is 319 g/mol. The lowest BCUT2D eigenvalue weighted by molar-refractivity contribution is -0.0282. The maximum Gasteiger partial charge on any atom is 0.341 e. The maximum absolute atomic E-state index is 13.5. The van der Waals surface area contributed by atoms with E-state index >= 15 is 0 Å². The molecular weight excluding hydrogens is 301 g/mol. The molecule has 0 aromatic heterocycles. The highest BCUT2D eigenvalue weighted by molar-refractivity contribution is 7.89. The van der Waals surface area contributed by atoms with Crippen molar-refractivity contribution in [1.82, 2.24) is 0 Å². The predicted octanol–water partition coefficient (Wildman–Crippen LogP) is 1.45. The average Bonchev–Trinajstić information content (AvgIpc) is 2.32. The Balaban J connectivity index is 2.74. The van der Waals surface area contributed by atoms with E-state index in [4.69, 9.17) is 14.6 Å². The number of sulfonamides is 1. The van der Waals surface area contributed by atoms with Crippen molar-refractivity contribution >= 4 is 16.0 Å². The van der Waals surface area contributed by atoms with Crippen LogP contribution in [0.4, 0.5) is 4.39 Å². The van der Waals surface area contributed by atoms with Crippen LogP contribution >= 0.6 is 0 Å². The summed E-state index contributed by atoms with van der Waals surface area (Å²) in [6.07, 6.45) is 0. The summed E-state index contributed by atoms with van der Waals surface area (Å²) in [6.45, 7) is 5.58. The highest BCUT2D eigenvalue weighted by Gasteiger charge is 2.18. The summed E-state index contributed by atoms with van der Waals surface area (Å²) in [6, 6.07) is 2.67. The Kier molecular flexibility index (Phi) is 5.43. The Hall–Kier alpha value is -1.51. The monoisotopic (exact) mass is 319 g/mol. The summed E-state index contributed by atoms with van der Waals surface area (Å²) < 4.78 is 46.1. The number of primary sulfonamides is 1. The molecule has 0 heterocycles. The number of rotatable bonds is 5. The first-order valence-corrected chi connectivity index (χ1v) is 7.69. The first-order valence-electron chi connectivity index (χ1n) is 6.14. The van der Waals surface area contributed by atoms with Crippen LogP contribution in [0.2, 0.25) is 0 Å². The van der Waals surface area contributed by atoms with Crippen LogP contribution in [0, 0.1) is 5.82 Å². The first kappa shape index (κ1) is 17.5. The van der Waals surface area contributed by atoms with Gasteiger partial charge >= 0.3 is 5.97 Å². The molecule has 118 valence electrons. The first-order chi connectivity index (χ1) is 9.50. The normalized spacial score (nSPS) is 12.2. The van der Waals surface area contributed by atoms with Crippen LogP contribution in [-0.2, 0) is 19.5 Å². The SMILES string of the molecule is CC(C)(C)OCCOC(=O)c1cc(S(N)(=O)=O)ccc1F. The third-order valence-corrected chi connectivity index (χ3v) is 3.25. The molecule has 2 N–H and O–H groups in total. The molecule has 0 radical (unpaired) electrons. The van der Waals surface area contributed by atoms with E-state index in [1.54, 1.807) is 0 Å². The van der Waals surface area contributed by atoms with E-state index in [0.29, 0.717) is 0 Å². The molecule has 0 fully saturated rings. The number of hydrogen-bond donors (Lipinski definition) is 1. The Morgan fingerprint density at radius 3 is 2.43 bits per heavy atom. The topological polar surface area (TPSA) is 95.7 Å². The van der Waals surface area contributed by atoms with Crippen LogP contribution in [-0.4, -0.2) is 33.2 Å². The van der Waals surface area contributed by atoms with Gasteiger partial charge in [-0.05, 0) is 39.0 Å². The standard InChI is InChI=1S/C13H18FNO5S/c1-13(2,3)20-7-6-19-12(16)10-8-9(21(15,17)18)4-5-11(10)14/h4-5,8H,6-7H2,1-3H3,(H2,15,17,18). The third-order valence-electron chi connectivity index (χ3n) is 2.34. The van der Waals surface area contributed by atoms with Gasteiger partial charge in [0.25, 0.3) is 0 Å². The van der Waals surface area contributed by atoms with Gasteiger partial charge in [-0.15, -0.1) is 0 Å². The third kappa shape index (κ3) is 5.78. The molecule has 0 atom stereocenters. The molecular formula is C13H18FNO5S. The van der Waals surface area contributed by atoms with Crippen LogP contribution in [0.1, 0.15) is 31.1 Å². The molecule has 0 unspecified atom stereocenters. The minimum Gasteiger partial charge on any atom is -0.460 e. The zero-order valence-electron chi connectivity index (χ0n) is 12.1. The zero-order chi connectivity index (χ0) is 16.3. The molecule has 1 aromatic carbocycles. The molecule has 0 saturated carbocycles. The summed E-state index contributed by atoms with van der Waals surface area (Å²) in [7, 11) is -4.02. The smallest absolute Gasteiger partial charge is 0.341 e. The van der Waals surface area contributed by atoms with Gasteiger partial charge in [0.05, 0.1) is 22.7 Å². The van der Waals surface area contributed by atoms with E-state index in [0.717, 1.165) is 18.2 Å². The van der Waals surface area contributed by atoms with E-state index in [1.165, 1.54) is 0 Å². The molecule has 0 aliphatic heterocycles. The van der Waals surface area contributed by atoms with Crippen molar-refractivity contribution in [3.63, 3.8) is 0 Å². The van der Waals surface area contributed by atoms with Crippen molar-refractivity contribution in [3.05, 3.63) is 29.6 Å². The Morgan fingerprint density at radius 2 is 1.90 bits per heavy atom. The number of nitrogens with two attached hydrogens (primary N) is 1. The van der Waals surface area contributed by atoms with Crippen molar-refractivity contribution in [2.45, 2.75) is 31.3 Å². The fourth-order valence-electron chi connectivity index (χ4n) is 1.40. The van der Waals surface area contributed by atoms with Gasteiger partial charge in [0.2, 0.25) is 10.0 Å². The molecule has 0 spiro atoms. The van der Waals surface area contributed by atoms with Gasteiger partial charge in [0.1, 0.15) is 12.4 Å². The van der Waals surface area contributed by atoms with Gasteiger partial charge in [-0.2, -0.15) is 0 Å². The second kappa shape index (κ2) is 6.50. The molecule has 0 bridgehead atoms. The molecule has 0 aliphatic carbocycles. The Bertz CT molecular complexity index is 622. The van der Waals surface area contributed by atoms with Gasteiger partial charge in [-0.3, -0.25) is 0 Å². The molecule has 6 nitrogen and oxygen atoms in total. The van der Waals surface area contributed by atoms with Crippen LogP contribution in [0.25, 0.3) is 0 Å². The van der Waals surface area contributed by atoms with E-state index in [1.807, 2.05) is 20.8 Å². The minimum absolute atomic E-state index is 0.0743. The second-order valence-corrected chi connectivity index (χ2v) is 6.84. The predicted molar refractivity (Wildman–Crippen MR) is 73.8 cm³/mol. The molecule has 0 amide bonds. The fourth-order valence-corrected chi connectivity index (χ4v) is 1.94. The quantitative estimate of drug-likeness (QED) is 0.654. The molecule has 0 saturated heterocycles. The van der Waals surface area contributed by atoms with Crippen LogP contribution in [0.3, 0.4) is 0 Å². The number of carbonyl (C=O) groups is 1. The van der Waals surface area contributed by atoms with E-state index in [9.17, 15) is 17.6 Å². The second-order valence-electron chi connectivity index (χ2n) is 5.28. The van der Waals surface area contributed by atoms with Crippen molar-refractivity contribution in [3.8, 4) is 0 Å². The van der Waals surface area contributed by atoms with E-state index < -0.39 is 27.4 Å². The molecule has 1 aromatic rings. The van der Waals surface area contributed by atoms with Crippen molar-refractivity contribution in [2.75, 3.05) is 13.2 Å². The summed E-state index contributed by atoms with van der Waals surface area (Å²) in [5, 5.41) is 4.92. The van der Waals surface area contributed by atoms with Crippen LogP contribution in [0.5, 0.6) is 0 Å². The molecule has 0 aliphatic rings. The van der Waals surface area contributed by atoms with Gasteiger partial charge < -0.3 is 9.47 Å². The van der Waals surface area contributed by atoms with Gasteiger partial charge in [0, 0.05) is 0 Å². The highest BCUT2D eigenvalue weighted by atomic mass is 32.2. The largest absolute Gasteiger partial charge is 0.460 e. The lowest BCUT2D eigenvalue weighted by atomic mass is 10.2. The van der Waals surface area contributed by atoms with Crippen molar-refractivity contribution < 1.29 is 27.1 Å². The van der Waals surface area contributed by atoms with Gasteiger partial charge in [-0.1, -0.05) is 0 Å². The number of carbonyl (C=O) groups excluding carboxylic acids is 1.